The molecule has 0 unspecified atom stereocenters. The van der Waals surface area contributed by atoms with Gasteiger partial charge in [0.1, 0.15) is 5.76 Å². The molecule has 0 spiro atoms. The fraction of sp³-hybridized carbons (Fsp3) is 0.692. The second-order valence-electron chi connectivity index (χ2n) is 5.13. The standard InChI is InChI=1S/C13H22N2O3S/c1-3-8-14-9-12-6-7-13(18-12)19(16,17)15(2)10-11-4-5-11/h6-7,11,14H,3-5,8-10H2,1-2H3. The van der Waals surface area contributed by atoms with Gasteiger partial charge in [-0.25, -0.2) is 8.42 Å². The fourth-order valence-corrected chi connectivity index (χ4v) is 3.06. The molecule has 0 bridgehead atoms. The van der Waals surface area contributed by atoms with Gasteiger partial charge in [-0.2, -0.15) is 4.31 Å². The van der Waals surface area contributed by atoms with E-state index in [-0.39, 0.29) is 5.09 Å². The van der Waals surface area contributed by atoms with E-state index in [2.05, 4.69) is 12.2 Å². The van der Waals surface area contributed by atoms with Gasteiger partial charge in [0.15, 0.2) is 0 Å². The molecule has 108 valence electrons. The minimum absolute atomic E-state index is 0.0453. The van der Waals surface area contributed by atoms with Crippen molar-refractivity contribution in [1.82, 2.24) is 9.62 Å². The van der Waals surface area contributed by atoms with E-state index in [0.717, 1.165) is 25.8 Å². The normalized spacial score (nSPS) is 16.2. The molecule has 6 heteroatoms. The molecule has 0 amide bonds. The Labute approximate surface area is 115 Å². The van der Waals surface area contributed by atoms with Gasteiger partial charge in [-0.15, -0.1) is 0 Å². The summed E-state index contributed by atoms with van der Waals surface area (Å²) in [7, 11) is -1.85. The summed E-state index contributed by atoms with van der Waals surface area (Å²) in [6.45, 7) is 4.13. The topological polar surface area (TPSA) is 62.6 Å². The molecule has 19 heavy (non-hydrogen) atoms. The maximum absolute atomic E-state index is 12.3. The number of nitrogens with one attached hydrogen (secondary N) is 1. The van der Waals surface area contributed by atoms with Gasteiger partial charge in [-0.05, 0) is 43.9 Å². The zero-order chi connectivity index (χ0) is 13.9. The Bertz CT molecular complexity index is 506. The van der Waals surface area contributed by atoms with Crippen molar-refractivity contribution in [2.45, 2.75) is 37.8 Å². The molecule has 1 fully saturated rings. The highest BCUT2D eigenvalue weighted by atomic mass is 32.2. The summed E-state index contributed by atoms with van der Waals surface area (Å²) in [5, 5.41) is 3.23. The molecule has 1 aliphatic carbocycles. The van der Waals surface area contributed by atoms with Crippen molar-refractivity contribution in [3.05, 3.63) is 17.9 Å². The van der Waals surface area contributed by atoms with Crippen LogP contribution in [0.25, 0.3) is 0 Å². The van der Waals surface area contributed by atoms with Crippen LogP contribution in [0.3, 0.4) is 0 Å². The Balaban J connectivity index is 1.99. The summed E-state index contributed by atoms with van der Waals surface area (Å²) in [6.07, 6.45) is 3.30. The lowest BCUT2D eigenvalue weighted by Crippen LogP contribution is -2.28. The molecule has 0 aromatic carbocycles. The molecule has 1 aromatic heterocycles. The SMILES string of the molecule is CCCNCc1ccc(S(=O)(=O)N(C)CC2CC2)o1. The third-order valence-corrected chi connectivity index (χ3v) is 4.94. The smallest absolute Gasteiger partial charge is 0.276 e. The summed E-state index contributed by atoms with van der Waals surface area (Å²) in [5.41, 5.74) is 0. The molecule has 0 atom stereocenters. The summed E-state index contributed by atoms with van der Waals surface area (Å²) >= 11 is 0. The number of nitrogens with zero attached hydrogens (tertiary/aromatic N) is 1. The van der Waals surface area contributed by atoms with Gasteiger partial charge >= 0.3 is 0 Å². The number of hydrogen-bond donors (Lipinski definition) is 1. The number of hydrogen-bond acceptors (Lipinski definition) is 4. The van der Waals surface area contributed by atoms with Crippen molar-refractivity contribution >= 4 is 10.0 Å². The van der Waals surface area contributed by atoms with Crippen LogP contribution in [0, 0.1) is 5.92 Å². The van der Waals surface area contributed by atoms with Gasteiger partial charge < -0.3 is 9.73 Å². The van der Waals surface area contributed by atoms with Crippen LogP contribution in [0.5, 0.6) is 0 Å². The first-order valence-corrected chi connectivity index (χ1v) is 8.23. The molecule has 1 aromatic rings. The Kier molecular flexibility index (Phi) is 4.65. The van der Waals surface area contributed by atoms with Crippen LogP contribution in [0.4, 0.5) is 0 Å². The fourth-order valence-electron chi connectivity index (χ4n) is 1.90. The first-order valence-electron chi connectivity index (χ1n) is 6.79. The van der Waals surface area contributed by atoms with Crippen LogP contribution in [0.1, 0.15) is 31.9 Å². The van der Waals surface area contributed by atoms with Crippen LogP contribution in [-0.2, 0) is 16.6 Å². The molecule has 1 aliphatic rings. The third kappa shape index (κ3) is 3.81. The lowest BCUT2D eigenvalue weighted by molar-refractivity contribution is 0.377. The zero-order valence-electron chi connectivity index (χ0n) is 11.6. The van der Waals surface area contributed by atoms with Crippen LogP contribution in [0.15, 0.2) is 21.6 Å². The zero-order valence-corrected chi connectivity index (χ0v) is 12.4. The van der Waals surface area contributed by atoms with Crippen LogP contribution in [-0.4, -0.2) is 32.9 Å². The Morgan fingerprint density at radius 2 is 2.16 bits per heavy atom. The van der Waals surface area contributed by atoms with Crippen molar-refractivity contribution in [2.75, 3.05) is 20.1 Å². The van der Waals surface area contributed by atoms with E-state index < -0.39 is 10.0 Å². The summed E-state index contributed by atoms with van der Waals surface area (Å²) in [6, 6.07) is 3.27. The first-order chi connectivity index (χ1) is 9.04. The van der Waals surface area contributed by atoms with Gasteiger partial charge in [0.25, 0.3) is 10.0 Å². The molecule has 0 saturated heterocycles. The van der Waals surface area contributed by atoms with E-state index in [1.165, 1.54) is 4.31 Å². The van der Waals surface area contributed by atoms with Crippen molar-refractivity contribution in [3.8, 4) is 0 Å². The van der Waals surface area contributed by atoms with E-state index in [0.29, 0.717) is 24.8 Å². The molecule has 1 heterocycles. The lowest BCUT2D eigenvalue weighted by atomic mass is 10.4. The van der Waals surface area contributed by atoms with E-state index >= 15 is 0 Å². The van der Waals surface area contributed by atoms with E-state index in [1.807, 2.05) is 0 Å². The predicted molar refractivity (Wildman–Crippen MR) is 73.2 cm³/mol. The number of sulfonamides is 1. The highest BCUT2D eigenvalue weighted by molar-refractivity contribution is 7.89. The van der Waals surface area contributed by atoms with Gasteiger partial charge in [-0.3, -0.25) is 0 Å². The van der Waals surface area contributed by atoms with E-state index in [1.54, 1.807) is 19.2 Å². The third-order valence-electron chi connectivity index (χ3n) is 3.24. The largest absolute Gasteiger partial charge is 0.447 e. The molecule has 1 N–H and O–H groups in total. The highest BCUT2D eigenvalue weighted by Gasteiger charge is 2.30. The molecular weight excluding hydrogens is 264 g/mol. The Hall–Kier alpha value is -0.850. The Morgan fingerprint density at radius 1 is 1.42 bits per heavy atom. The quantitative estimate of drug-likeness (QED) is 0.740. The second kappa shape index (κ2) is 6.07. The molecular formula is C13H22N2O3S. The first kappa shape index (κ1) is 14.6. The summed E-state index contributed by atoms with van der Waals surface area (Å²) in [5.74, 6) is 1.19. The van der Waals surface area contributed by atoms with Gasteiger partial charge in [0.2, 0.25) is 5.09 Å². The van der Waals surface area contributed by atoms with Gasteiger partial charge in [0.05, 0.1) is 6.54 Å². The summed E-state index contributed by atoms with van der Waals surface area (Å²) < 4.78 is 31.3. The molecule has 2 rings (SSSR count). The van der Waals surface area contributed by atoms with Crippen molar-refractivity contribution in [1.29, 1.82) is 0 Å². The minimum atomic E-state index is -3.46. The summed E-state index contributed by atoms with van der Waals surface area (Å²) in [4.78, 5) is 0. The van der Waals surface area contributed by atoms with Crippen LogP contribution in [0.2, 0.25) is 0 Å². The average molecular weight is 286 g/mol. The average Bonchev–Trinajstić information content (AvgIpc) is 3.05. The maximum atomic E-state index is 12.3. The predicted octanol–water partition coefficient (Wildman–Crippen LogP) is 1.81. The molecule has 5 nitrogen and oxygen atoms in total. The monoisotopic (exact) mass is 286 g/mol. The molecule has 1 saturated carbocycles. The Morgan fingerprint density at radius 3 is 2.79 bits per heavy atom. The van der Waals surface area contributed by atoms with Crippen molar-refractivity contribution in [2.24, 2.45) is 5.92 Å². The highest BCUT2D eigenvalue weighted by Crippen LogP contribution is 2.31. The molecule has 0 radical (unpaired) electrons. The second-order valence-corrected chi connectivity index (χ2v) is 7.10. The van der Waals surface area contributed by atoms with Gasteiger partial charge in [0, 0.05) is 13.6 Å². The number of furan rings is 1. The van der Waals surface area contributed by atoms with Gasteiger partial charge in [-0.1, -0.05) is 6.92 Å². The minimum Gasteiger partial charge on any atom is -0.447 e. The van der Waals surface area contributed by atoms with E-state index in [4.69, 9.17) is 4.42 Å². The lowest BCUT2D eigenvalue weighted by Gasteiger charge is -2.14. The molecule has 0 aliphatic heterocycles. The maximum Gasteiger partial charge on any atom is 0.276 e. The van der Waals surface area contributed by atoms with Crippen LogP contribution < -0.4 is 5.32 Å². The van der Waals surface area contributed by atoms with Crippen LogP contribution >= 0.6 is 0 Å². The van der Waals surface area contributed by atoms with Crippen molar-refractivity contribution < 1.29 is 12.8 Å². The van der Waals surface area contributed by atoms with Crippen molar-refractivity contribution in [3.63, 3.8) is 0 Å². The van der Waals surface area contributed by atoms with E-state index in [9.17, 15) is 8.42 Å². The number of rotatable bonds is 8.